The largest absolute Gasteiger partial charge is 0.481 e. The van der Waals surface area contributed by atoms with E-state index in [2.05, 4.69) is 0 Å². The Morgan fingerprint density at radius 2 is 2.00 bits per heavy atom. The molecule has 0 heterocycles. The molecule has 0 rings (SSSR count). The van der Waals surface area contributed by atoms with Crippen LogP contribution in [0.3, 0.4) is 0 Å². The van der Waals surface area contributed by atoms with Crippen LogP contribution in [0.25, 0.3) is 0 Å². The average Bonchev–Trinajstić information content (AvgIpc) is 1.81. The lowest BCUT2D eigenvalue weighted by atomic mass is 9.79. The summed E-state index contributed by atoms with van der Waals surface area (Å²) in [4.78, 5) is 10.9. The number of allylic oxidation sites excluding steroid dienone is 2. The third-order valence-corrected chi connectivity index (χ3v) is 2.13. The first-order valence-electron chi connectivity index (χ1n) is 4.30. The fourth-order valence-corrected chi connectivity index (χ4v) is 1.19. The molecule has 0 aromatic rings. The van der Waals surface area contributed by atoms with Crippen molar-refractivity contribution in [3.63, 3.8) is 0 Å². The second-order valence-electron chi connectivity index (χ2n) is 4.28. The van der Waals surface area contributed by atoms with Crippen LogP contribution >= 0.6 is 11.6 Å². The molecule has 76 valence electrons. The van der Waals surface area contributed by atoms with Crippen LogP contribution in [0.2, 0.25) is 0 Å². The molecule has 0 spiro atoms. The quantitative estimate of drug-likeness (QED) is 0.766. The second-order valence-corrected chi connectivity index (χ2v) is 4.88. The molecule has 0 amide bonds. The fourth-order valence-electron chi connectivity index (χ4n) is 1.11. The zero-order valence-electron chi connectivity index (χ0n) is 8.60. The lowest BCUT2D eigenvalue weighted by Crippen LogP contribution is -2.27. The molecule has 0 aromatic carbocycles. The number of hydrogen-bond acceptors (Lipinski definition) is 1. The predicted molar refractivity (Wildman–Crippen MR) is 54.8 cm³/mol. The molecule has 0 aromatic heterocycles. The number of hydrogen-bond donors (Lipinski definition) is 1. The van der Waals surface area contributed by atoms with Crippen molar-refractivity contribution in [3.8, 4) is 0 Å². The van der Waals surface area contributed by atoms with Crippen molar-refractivity contribution < 1.29 is 9.90 Å². The van der Waals surface area contributed by atoms with Gasteiger partial charge in [0, 0.05) is 5.03 Å². The molecule has 0 aliphatic rings. The van der Waals surface area contributed by atoms with Crippen LogP contribution < -0.4 is 0 Å². The summed E-state index contributed by atoms with van der Waals surface area (Å²) < 4.78 is 0. The van der Waals surface area contributed by atoms with E-state index in [0.717, 1.165) is 0 Å². The van der Waals surface area contributed by atoms with Gasteiger partial charge in [0.1, 0.15) is 0 Å². The first-order valence-corrected chi connectivity index (χ1v) is 4.68. The maximum Gasteiger partial charge on any atom is 0.307 e. The Labute approximate surface area is 84.6 Å². The van der Waals surface area contributed by atoms with Gasteiger partial charge in [0.15, 0.2) is 0 Å². The third kappa shape index (κ3) is 4.94. The van der Waals surface area contributed by atoms with Gasteiger partial charge < -0.3 is 5.11 Å². The molecule has 3 heteroatoms. The van der Waals surface area contributed by atoms with Gasteiger partial charge in [-0.2, -0.15) is 0 Å². The van der Waals surface area contributed by atoms with Crippen LogP contribution in [0.4, 0.5) is 0 Å². The number of aliphatic carboxylic acids is 1. The van der Waals surface area contributed by atoms with Crippen LogP contribution in [0.1, 0.15) is 34.1 Å². The molecule has 1 unspecified atom stereocenters. The molecule has 0 saturated carbocycles. The summed E-state index contributed by atoms with van der Waals surface area (Å²) in [5.41, 5.74) is -0.228. The summed E-state index contributed by atoms with van der Waals surface area (Å²) in [5.74, 6) is -1.14. The normalized spacial score (nSPS) is 15.6. The summed E-state index contributed by atoms with van der Waals surface area (Å²) in [6, 6.07) is 0. The van der Waals surface area contributed by atoms with Crippen molar-refractivity contribution in [2.75, 3.05) is 0 Å². The third-order valence-electron chi connectivity index (χ3n) is 1.98. The van der Waals surface area contributed by atoms with Crippen molar-refractivity contribution in [3.05, 3.63) is 11.1 Å². The molecular weight excluding hydrogens is 188 g/mol. The zero-order chi connectivity index (χ0) is 10.6. The standard InChI is InChI=1S/C10H17ClO2/c1-7(11)5-6-8(9(12)13)10(2,3)4/h5,8H,6H2,1-4H3,(H,12,13). The van der Waals surface area contributed by atoms with Crippen molar-refractivity contribution in [1.29, 1.82) is 0 Å². The molecule has 0 bridgehead atoms. The van der Waals surface area contributed by atoms with Gasteiger partial charge in [-0.3, -0.25) is 4.79 Å². The van der Waals surface area contributed by atoms with Crippen molar-refractivity contribution in [1.82, 2.24) is 0 Å². The molecule has 1 N–H and O–H groups in total. The van der Waals surface area contributed by atoms with Crippen LogP contribution in [0.15, 0.2) is 11.1 Å². The van der Waals surface area contributed by atoms with Crippen LogP contribution in [0, 0.1) is 11.3 Å². The maximum atomic E-state index is 10.9. The van der Waals surface area contributed by atoms with Gasteiger partial charge in [-0.1, -0.05) is 38.4 Å². The van der Waals surface area contributed by atoms with Gasteiger partial charge in [-0.05, 0) is 18.8 Å². The minimum atomic E-state index is -0.762. The van der Waals surface area contributed by atoms with Crippen molar-refractivity contribution in [2.24, 2.45) is 11.3 Å². The van der Waals surface area contributed by atoms with Gasteiger partial charge in [0.05, 0.1) is 5.92 Å². The van der Waals surface area contributed by atoms with Gasteiger partial charge in [-0.25, -0.2) is 0 Å². The van der Waals surface area contributed by atoms with E-state index in [4.69, 9.17) is 16.7 Å². The number of carboxylic acid groups (broad SMARTS) is 1. The molecule has 0 saturated heterocycles. The van der Waals surface area contributed by atoms with E-state index in [-0.39, 0.29) is 11.3 Å². The molecule has 0 radical (unpaired) electrons. The van der Waals surface area contributed by atoms with E-state index in [9.17, 15) is 4.79 Å². The molecule has 1 atom stereocenters. The minimum absolute atomic E-state index is 0.228. The Morgan fingerprint density at radius 1 is 1.54 bits per heavy atom. The maximum absolute atomic E-state index is 10.9. The summed E-state index contributed by atoms with van der Waals surface area (Å²) >= 11 is 5.64. The van der Waals surface area contributed by atoms with Gasteiger partial charge in [0.2, 0.25) is 0 Å². The Kier molecular flexibility index (Phi) is 4.48. The summed E-state index contributed by atoms with van der Waals surface area (Å²) in [5, 5.41) is 9.60. The SMILES string of the molecule is CC(Cl)=CCC(C(=O)O)C(C)(C)C. The van der Waals surface area contributed by atoms with E-state index in [1.165, 1.54) is 0 Å². The van der Waals surface area contributed by atoms with E-state index in [1.807, 2.05) is 20.8 Å². The van der Waals surface area contributed by atoms with Gasteiger partial charge in [-0.15, -0.1) is 0 Å². The zero-order valence-corrected chi connectivity index (χ0v) is 9.35. The first kappa shape index (κ1) is 12.5. The smallest absolute Gasteiger partial charge is 0.307 e. The molecule has 2 nitrogen and oxygen atoms in total. The van der Waals surface area contributed by atoms with E-state index in [0.29, 0.717) is 11.5 Å². The number of halogens is 1. The van der Waals surface area contributed by atoms with Crippen LogP contribution in [0.5, 0.6) is 0 Å². The number of carbonyl (C=O) groups is 1. The Hall–Kier alpha value is -0.500. The Morgan fingerprint density at radius 3 is 2.23 bits per heavy atom. The number of carboxylic acids is 1. The summed E-state index contributed by atoms with van der Waals surface area (Å²) in [6.45, 7) is 7.51. The highest BCUT2D eigenvalue weighted by molar-refractivity contribution is 6.29. The highest BCUT2D eigenvalue weighted by Gasteiger charge is 2.29. The fraction of sp³-hybridized carbons (Fsp3) is 0.700. The predicted octanol–water partition coefficient (Wildman–Crippen LogP) is 3.27. The van der Waals surface area contributed by atoms with E-state index in [1.54, 1.807) is 13.0 Å². The van der Waals surface area contributed by atoms with Gasteiger partial charge in [0.25, 0.3) is 0 Å². The molecule has 0 fully saturated rings. The van der Waals surface area contributed by atoms with Crippen LogP contribution in [-0.2, 0) is 4.79 Å². The van der Waals surface area contributed by atoms with Crippen molar-refractivity contribution >= 4 is 17.6 Å². The van der Waals surface area contributed by atoms with E-state index >= 15 is 0 Å². The highest BCUT2D eigenvalue weighted by atomic mass is 35.5. The number of rotatable bonds is 3. The molecular formula is C10H17ClO2. The lowest BCUT2D eigenvalue weighted by Gasteiger charge is -2.25. The molecule has 13 heavy (non-hydrogen) atoms. The topological polar surface area (TPSA) is 37.3 Å². The van der Waals surface area contributed by atoms with Gasteiger partial charge >= 0.3 is 5.97 Å². The summed E-state index contributed by atoms with van der Waals surface area (Å²) in [7, 11) is 0. The Bertz CT molecular complexity index is 209. The highest BCUT2D eigenvalue weighted by Crippen LogP contribution is 2.29. The molecule has 0 aliphatic carbocycles. The monoisotopic (exact) mass is 204 g/mol. The Balaban J connectivity index is 4.47. The average molecular weight is 205 g/mol. The lowest BCUT2D eigenvalue weighted by molar-refractivity contribution is -0.145. The minimum Gasteiger partial charge on any atom is -0.481 e. The molecule has 0 aliphatic heterocycles. The second kappa shape index (κ2) is 4.66. The van der Waals surface area contributed by atoms with E-state index < -0.39 is 5.97 Å². The summed E-state index contributed by atoms with van der Waals surface area (Å²) in [6.07, 6.45) is 2.25. The van der Waals surface area contributed by atoms with Crippen molar-refractivity contribution in [2.45, 2.75) is 34.1 Å². The van der Waals surface area contributed by atoms with Crippen LogP contribution in [-0.4, -0.2) is 11.1 Å². The first-order chi connectivity index (χ1) is 5.75.